The normalized spacial score (nSPS) is 19.4. The molecule has 0 radical (unpaired) electrons. The van der Waals surface area contributed by atoms with Crippen molar-refractivity contribution in [3.05, 3.63) is 65.2 Å². The Morgan fingerprint density at radius 3 is 2.38 bits per heavy atom. The van der Waals surface area contributed by atoms with Crippen LogP contribution < -0.4 is 4.74 Å². The van der Waals surface area contributed by atoms with Gasteiger partial charge in [0.1, 0.15) is 5.75 Å². The van der Waals surface area contributed by atoms with Gasteiger partial charge in [-0.3, -0.25) is 14.5 Å². The van der Waals surface area contributed by atoms with Crippen molar-refractivity contribution in [1.29, 1.82) is 0 Å². The second-order valence-corrected chi connectivity index (χ2v) is 9.26. The zero-order valence-corrected chi connectivity index (χ0v) is 20.4. The molecule has 0 N–H and O–H groups in total. The van der Waals surface area contributed by atoms with Crippen LogP contribution in [-0.4, -0.2) is 78.6 Å². The Morgan fingerprint density at radius 1 is 1.00 bits per heavy atom. The van der Waals surface area contributed by atoms with E-state index in [2.05, 4.69) is 4.90 Å². The molecule has 182 valence electrons. The largest absolute Gasteiger partial charge is 0.491 e. The molecule has 7 heteroatoms. The van der Waals surface area contributed by atoms with E-state index in [0.717, 1.165) is 55.3 Å². The van der Waals surface area contributed by atoms with Gasteiger partial charge in [0.25, 0.3) is 5.91 Å². The lowest BCUT2D eigenvalue weighted by Crippen LogP contribution is -2.52. The fourth-order valence-corrected chi connectivity index (χ4v) is 4.66. The molecule has 1 atom stereocenters. The molecule has 0 bridgehead atoms. The van der Waals surface area contributed by atoms with E-state index in [-0.39, 0.29) is 24.0 Å². The monoisotopic (exact) mass is 465 g/mol. The van der Waals surface area contributed by atoms with Gasteiger partial charge in [-0.1, -0.05) is 30.3 Å². The Morgan fingerprint density at radius 2 is 1.71 bits per heavy atom. The Kier molecular flexibility index (Phi) is 7.85. The number of hydrogen-bond donors (Lipinski definition) is 0. The molecule has 2 fully saturated rings. The number of morpholine rings is 1. The number of amides is 2. The smallest absolute Gasteiger partial charge is 0.254 e. The first-order valence-corrected chi connectivity index (χ1v) is 12.1. The standard InChI is InChI=1S/C27H35N3O4/c1-20(2)34-24-10-8-22(9-11-24)26-19-29(21(3)31)12-13-30(26)27(32)25-7-5-4-6-23(25)18-28-14-16-33-17-15-28/h4-11,20,26H,12-19H2,1-3H3. The van der Waals surface area contributed by atoms with Crippen molar-refractivity contribution in [2.75, 3.05) is 45.9 Å². The van der Waals surface area contributed by atoms with Crippen molar-refractivity contribution in [3.8, 4) is 5.75 Å². The number of hydrogen-bond acceptors (Lipinski definition) is 5. The third-order valence-corrected chi connectivity index (χ3v) is 6.47. The summed E-state index contributed by atoms with van der Waals surface area (Å²) in [5, 5.41) is 0. The van der Waals surface area contributed by atoms with Gasteiger partial charge in [-0.25, -0.2) is 0 Å². The van der Waals surface area contributed by atoms with Gasteiger partial charge in [0.05, 0.1) is 25.4 Å². The predicted octanol–water partition coefficient (Wildman–Crippen LogP) is 3.35. The van der Waals surface area contributed by atoms with E-state index in [9.17, 15) is 9.59 Å². The molecule has 2 aromatic carbocycles. The molecule has 2 amide bonds. The van der Waals surface area contributed by atoms with Crippen LogP contribution in [0.5, 0.6) is 5.75 Å². The van der Waals surface area contributed by atoms with Gasteiger partial charge >= 0.3 is 0 Å². The lowest BCUT2D eigenvalue weighted by molar-refractivity contribution is -0.131. The van der Waals surface area contributed by atoms with Crippen molar-refractivity contribution in [1.82, 2.24) is 14.7 Å². The van der Waals surface area contributed by atoms with Crippen molar-refractivity contribution < 1.29 is 19.1 Å². The molecule has 2 aromatic rings. The minimum absolute atomic E-state index is 0.0135. The highest BCUT2D eigenvalue weighted by Crippen LogP contribution is 2.30. The summed E-state index contributed by atoms with van der Waals surface area (Å²) in [6.07, 6.45) is 0.0924. The summed E-state index contributed by atoms with van der Waals surface area (Å²) in [6, 6.07) is 15.6. The summed E-state index contributed by atoms with van der Waals surface area (Å²) in [5.74, 6) is 0.843. The van der Waals surface area contributed by atoms with E-state index in [4.69, 9.17) is 9.47 Å². The molecule has 4 rings (SSSR count). The van der Waals surface area contributed by atoms with Gasteiger partial charge in [-0.2, -0.15) is 0 Å². The number of rotatable bonds is 6. The van der Waals surface area contributed by atoms with Gasteiger partial charge in [-0.15, -0.1) is 0 Å². The number of ether oxygens (including phenoxy) is 2. The molecular formula is C27H35N3O4. The number of piperazine rings is 1. The van der Waals surface area contributed by atoms with E-state index >= 15 is 0 Å². The third-order valence-electron chi connectivity index (χ3n) is 6.47. The number of carbonyl (C=O) groups is 2. The molecule has 0 saturated carbocycles. The van der Waals surface area contributed by atoms with Crippen LogP contribution in [0, 0.1) is 0 Å². The number of carbonyl (C=O) groups excluding carboxylic acids is 2. The topological polar surface area (TPSA) is 62.3 Å². The van der Waals surface area contributed by atoms with E-state index in [1.807, 2.05) is 72.2 Å². The van der Waals surface area contributed by atoms with Gasteiger partial charge in [0.2, 0.25) is 5.91 Å². The van der Waals surface area contributed by atoms with Crippen molar-refractivity contribution in [2.45, 2.75) is 39.5 Å². The van der Waals surface area contributed by atoms with E-state index in [1.165, 1.54) is 0 Å². The molecule has 7 nitrogen and oxygen atoms in total. The van der Waals surface area contributed by atoms with Crippen LogP contribution in [0.3, 0.4) is 0 Å². The van der Waals surface area contributed by atoms with Crippen molar-refractivity contribution in [3.63, 3.8) is 0 Å². The maximum atomic E-state index is 13.9. The predicted molar refractivity (Wildman–Crippen MR) is 131 cm³/mol. The van der Waals surface area contributed by atoms with Gasteiger partial charge in [0, 0.05) is 51.8 Å². The van der Waals surface area contributed by atoms with Crippen LogP contribution in [0.1, 0.15) is 48.3 Å². The van der Waals surface area contributed by atoms with E-state index in [0.29, 0.717) is 19.6 Å². The molecule has 2 saturated heterocycles. The lowest BCUT2D eigenvalue weighted by Gasteiger charge is -2.42. The summed E-state index contributed by atoms with van der Waals surface area (Å²) in [7, 11) is 0. The average Bonchev–Trinajstić information content (AvgIpc) is 2.84. The minimum atomic E-state index is -0.213. The Balaban J connectivity index is 1.59. The maximum absolute atomic E-state index is 13.9. The molecule has 2 heterocycles. The highest BCUT2D eigenvalue weighted by Gasteiger charge is 2.34. The second-order valence-electron chi connectivity index (χ2n) is 9.26. The maximum Gasteiger partial charge on any atom is 0.254 e. The highest BCUT2D eigenvalue weighted by atomic mass is 16.5. The Labute approximate surface area is 202 Å². The molecule has 1 unspecified atom stereocenters. The molecule has 0 spiro atoms. The van der Waals surface area contributed by atoms with E-state index < -0.39 is 0 Å². The quantitative estimate of drug-likeness (QED) is 0.655. The zero-order chi connectivity index (χ0) is 24.1. The van der Waals surface area contributed by atoms with Gasteiger partial charge in [-0.05, 0) is 43.2 Å². The first kappa shape index (κ1) is 24.2. The number of nitrogens with zero attached hydrogens (tertiary/aromatic N) is 3. The lowest BCUT2D eigenvalue weighted by atomic mass is 9.99. The Hall–Kier alpha value is -2.90. The van der Waals surface area contributed by atoms with Crippen LogP contribution in [-0.2, 0) is 16.1 Å². The summed E-state index contributed by atoms with van der Waals surface area (Å²) >= 11 is 0. The zero-order valence-electron chi connectivity index (χ0n) is 20.4. The van der Waals surface area contributed by atoms with Crippen LogP contribution in [0.4, 0.5) is 0 Å². The first-order valence-electron chi connectivity index (χ1n) is 12.1. The highest BCUT2D eigenvalue weighted by molar-refractivity contribution is 5.96. The average molecular weight is 466 g/mol. The third kappa shape index (κ3) is 5.77. The number of benzene rings is 2. The molecule has 34 heavy (non-hydrogen) atoms. The first-order chi connectivity index (χ1) is 16.4. The van der Waals surface area contributed by atoms with Gasteiger partial charge in [0.15, 0.2) is 0 Å². The van der Waals surface area contributed by atoms with Crippen molar-refractivity contribution in [2.24, 2.45) is 0 Å². The van der Waals surface area contributed by atoms with Crippen LogP contribution >= 0.6 is 0 Å². The fourth-order valence-electron chi connectivity index (χ4n) is 4.66. The fraction of sp³-hybridized carbons (Fsp3) is 0.481. The molecular weight excluding hydrogens is 430 g/mol. The SMILES string of the molecule is CC(=O)N1CCN(C(=O)c2ccccc2CN2CCOCC2)C(c2ccc(OC(C)C)cc2)C1. The van der Waals surface area contributed by atoms with Crippen LogP contribution in [0.15, 0.2) is 48.5 Å². The molecule has 2 aliphatic rings. The summed E-state index contributed by atoms with van der Waals surface area (Å²) in [5.41, 5.74) is 2.76. The minimum Gasteiger partial charge on any atom is -0.491 e. The van der Waals surface area contributed by atoms with Crippen LogP contribution in [0.2, 0.25) is 0 Å². The summed E-state index contributed by atoms with van der Waals surface area (Å²) in [4.78, 5) is 32.1. The summed E-state index contributed by atoms with van der Waals surface area (Å²) < 4.78 is 11.3. The van der Waals surface area contributed by atoms with Crippen LogP contribution in [0.25, 0.3) is 0 Å². The molecule has 0 aromatic heterocycles. The van der Waals surface area contributed by atoms with Gasteiger partial charge < -0.3 is 19.3 Å². The second kappa shape index (κ2) is 11.0. The summed E-state index contributed by atoms with van der Waals surface area (Å²) in [6.45, 7) is 11.0. The van der Waals surface area contributed by atoms with E-state index in [1.54, 1.807) is 6.92 Å². The van der Waals surface area contributed by atoms with Crippen molar-refractivity contribution >= 4 is 11.8 Å². The molecule has 2 aliphatic heterocycles. The Bertz CT molecular complexity index is 986. The molecule has 0 aliphatic carbocycles.